The number of carboxylic acid groups (broad SMARTS) is 2. The van der Waals surface area contributed by atoms with Crippen molar-refractivity contribution in [3.63, 3.8) is 0 Å². The third kappa shape index (κ3) is 5.95. The number of benzene rings is 1. The number of esters is 1. The number of aliphatic hydroxyl groups is 1. The number of carbonyl (C=O) groups excluding carboxylic acids is 3. The molecule has 0 spiro atoms. The number of rotatable bonds is 6. The molecule has 0 saturated heterocycles. The molecule has 2 atom stereocenters. The Morgan fingerprint density at radius 1 is 1.07 bits per heavy atom. The van der Waals surface area contributed by atoms with Crippen molar-refractivity contribution in [1.82, 2.24) is 0 Å². The van der Waals surface area contributed by atoms with Crippen molar-refractivity contribution >= 4 is 23.6 Å². The molecule has 1 aromatic rings. The van der Waals surface area contributed by atoms with E-state index in [2.05, 4.69) is 0 Å². The van der Waals surface area contributed by atoms with E-state index in [9.17, 15) is 29.7 Å². The number of carboxylic acids is 2. The molecule has 142 valence electrons. The summed E-state index contributed by atoms with van der Waals surface area (Å²) in [6.45, 7) is 0. The predicted molar refractivity (Wildman–Crippen MR) is 86.9 cm³/mol. The Morgan fingerprint density at radius 3 is 2.04 bits per heavy atom. The predicted octanol–water partition coefficient (Wildman–Crippen LogP) is -7.29. The molecule has 0 aromatic heterocycles. The van der Waals surface area contributed by atoms with Gasteiger partial charge in [-0.05, 0) is 43.5 Å². The van der Waals surface area contributed by atoms with Crippen LogP contribution in [0.5, 0.6) is 0 Å². The van der Waals surface area contributed by atoms with Gasteiger partial charge in [-0.1, -0.05) is 6.42 Å². The molecule has 0 bridgehead atoms. The van der Waals surface area contributed by atoms with Crippen molar-refractivity contribution in [2.75, 3.05) is 19.0 Å². The summed E-state index contributed by atoms with van der Waals surface area (Å²) in [5.74, 6) is -6.36. The van der Waals surface area contributed by atoms with Crippen LogP contribution in [0.15, 0.2) is 24.3 Å². The van der Waals surface area contributed by atoms with Gasteiger partial charge in [0.15, 0.2) is 5.60 Å². The van der Waals surface area contributed by atoms with E-state index in [4.69, 9.17) is 4.74 Å². The van der Waals surface area contributed by atoms with Gasteiger partial charge in [-0.2, -0.15) is 0 Å². The maximum atomic E-state index is 12.4. The second-order valence-corrected chi connectivity index (χ2v) is 6.66. The Kier molecular flexibility index (Phi) is 11.3. The summed E-state index contributed by atoms with van der Waals surface area (Å²) in [4.78, 5) is 37.6. The van der Waals surface area contributed by atoms with Gasteiger partial charge in [0.1, 0.15) is 0 Å². The second kappa shape index (κ2) is 11.5. The molecule has 2 rings (SSSR count). The second-order valence-electron chi connectivity index (χ2n) is 6.66. The van der Waals surface area contributed by atoms with E-state index in [1.54, 1.807) is 31.1 Å². The monoisotopic (exact) mass is 409 g/mol. The molecule has 28 heavy (non-hydrogen) atoms. The van der Waals surface area contributed by atoms with Crippen LogP contribution in [-0.2, 0) is 14.3 Å². The molecule has 0 amide bonds. The molecule has 0 heterocycles. The smallest absolute Gasteiger partial charge is 0.545 e. The average Bonchev–Trinajstić information content (AvgIpc) is 2.58. The van der Waals surface area contributed by atoms with Crippen LogP contribution in [0.2, 0.25) is 0 Å². The van der Waals surface area contributed by atoms with Crippen LogP contribution in [-0.4, -0.2) is 48.8 Å². The Labute approximate surface area is 207 Å². The van der Waals surface area contributed by atoms with Gasteiger partial charge in [-0.25, -0.2) is 4.79 Å². The minimum absolute atomic E-state index is 0. The standard InChI is InChI=1S/C18H23NO7.2Na/c1-19(2)13-8-6-11(7-9-13)15(21)26-18(16(22)23,17(24)25)12-4-3-5-14(20)10-12;;/h6-9,12,14,20H,3-5,10H2,1-2H3,(H,22,23)(H,24,25);;/q;2*+1/p-2/t12-,14-;;/m0../s1. The van der Waals surface area contributed by atoms with E-state index < -0.39 is 35.5 Å². The molecule has 1 saturated carbocycles. The molecule has 0 unspecified atom stereocenters. The molecule has 1 N–H and O–H groups in total. The number of ether oxygens (including phenoxy) is 1. The van der Waals surface area contributed by atoms with Gasteiger partial charge in [-0.3, -0.25) is 0 Å². The van der Waals surface area contributed by atoms with Crippen molar-refractivity contribution in [2.24, 2.45) is 5.92 Å². The van der Waals surface area contributed by atoms with Gasteiger partial charge in [0.05, 0.1) is 23.6 Å². The van der Waals surface area contributed by atoms with E-state index in [1.165, 1.54) is 12.1 Å². The van der Waals surface area contributed by atoms with Crippen LogP contribution in [0.25, 0.3) is 0 Å². The summed E-state index contributed by atoms with van der Waals surface area (Å²) in [6.07, 6.45) is -0.0128. The summed E-state index contributed by atoms with van der Waals surface area (Å²) >= 11 is 0. The Morgan fingerprint density at radius 2 is 1.61 bits per heavy atom. The van der Waals surface area contributed by atoms with Crippen molar-refractivity contribution in [3.8, 4) is 0 Å². The Bertz CT molecular complexity index is 680. The first-order valence-corrected chi connectivity index (χ1v) is 8.30. The first kappa shape index (κ1) is 27.4. The fraction of sp³-hybridized carbons (Fsp3) is 0.500. The molecule has 0 aliphatic heterocycles. The number of hydrogen-bond donors (Lipinski definition) is 1. The van der Waals surface area contributed by atoms with Crippen molar-refractivity contribution < 1.29 is 93.6 Å². The van der Waals surface area contributed by atoms with Gasteiger partial charge in [0, 0.05) is 25.7 Å². The fourth-order valence-electron chi connectivity index (χ4n) is 3.22. The van der Waals surface area contributed by atoms with Gasteiger partial charge >= 0.3 is 65.1 Å². The van der Waals surface area contributed by atoms with Crippen molar-refractivity contribution in [2.45, 2.75) is 37.4 Å². The molecule has 1 aliphatic carbocycles. The molecule has 1 aliphatic rings. The van der Waals surface area contributed by atoms with E-state index in [0.717, 1.165) is 5.69 Å². The Balaban J connectivity index is 0.00000364. The number of aliphatic hydroxyl groups excluding tert-OH is 1. The van der Waals surface area contributed by atoms with Crippen LogP contribution < -0.4 is 74.2 Å². The number of carbonyl (C=O) groups is 3. The quantitative estimate of drug-likeness (QED) is 0.279. The van der Waals surface area contributed by atoms with E-state index >= 15 is 0 Å². The summed E-state index contributed by atoms with van der Waals surface area (Å²) in [5, 5.41) is 33.1. The first-order chi connectivity index (χ1) is 12.2. The van der Waals surface area contributed by atoms with Gasteiger partial charge in [-0.15, -0.1) is 0 Å². The zero-order valence-electron chi connectivity index (χ0n) is 16.6. The minimum Gasteiger partial charge on any atom is -0.545 e. The Hall–Kier alpha value is -0.610. The van der Waals surface area contributed by atoms with Crippen LogP contribution in [0.4, 0.5) is 5.69 Å². The van der Waals surface area contributed by atoms with E-state index in [0.29, 0.717) is 12.8 Å². The van der Waals surface area contributed by atoms with Crippen LogP contribution in [0, 0.1) is 5.92 Å². The zero-order valence-corrected chi connectivity index (χ0v) is 20.6. The van der Waals surface area contributed by atoms with Crippen LogP contribution >= 0.6 is 0 Å². The molecule has 1 aromatic carbocycles. The van der Waals surface area contributed by atoms with Gasteiger partial charge in [0.2, 0.25) is 0 Å². The molecular formula is C18H21NNa2O7. The number of nitrogens with zero attached hydrogens (tertiary/aromatic N) is 1. The maximum absolute atomic E-state index is 12.4. The molecule has 8 nitrogen and oxygen atoms in total. The molecular weight excluding hydrogens is 388 g/mol. The largest absolute Gasteiger partial charge is 1.00 e. The topological polar surface area (TPSA) is 130 Å². The van der Waals surface area contributed by atoms with Crippen LogP contribution in [0.1, 0.15) is 36.0 Å². The number of aliphatic carboxylic acids is 2. The van der Waals surface area contributed by atoms with Crippen molar-refractivity contribution in [3.05, 3.63) is 29.8 Å². The number of anilines is 1. The van der Waals surface area contributed by atoms with E-state index in [-0.39, 0.29) is 77.5 Å². The third-order valence-electron chi connectivity index (χ3n) is 4.70. The molecule has 10 heteroatoms. The zero-order chi connectivity index (χ0) is 19.5. The normalized spacial score (nSPS) is 18.8. The van der Waals surface area contributed by atoms with Crippen LogP contribution in [0.3, 0.4) is 0 Å². The SMILES string of the molecule is CN(C)c1ccc(C(=O)OC(C(=O)[O-])(C(=O)[O-])[C@H]2CCC[C@H](O)C2)cc1.[Na+].[Na+]. The average molecular weight is 409 g/mol. The summed E-state index contributed by atoms with van der Waals surface area (Å²) in [6, 6.07) is 6.03. The molecule has 0 radical (unpaired) electrons. The number of hydrogen-bond acceptors (Lipinski definition) is 8. The summed E-state index contributed by atoms with van der Waals surface area (Å²) in [5.41, 5.74) is -2.15. The van der Waals surface area contributed by atoms with Gasteiger partial charge < -0.3 is 34.5 Å². The minimum atomic E-state index is -2.95. The van der Waals surface area contributed by atoms with Crippen molar-refractivity contribution in [1.29, 1.82) is 0 Å². The maximum Gasteiger partial charge on any atom is 1.00 e. The third-order valence-corrected chi connectivity index (χ3v) is 4.70. The summed E-state index contributed by atoms with van der Waals surface area (Å²) < 4.78 is 4.95. The fourth-order valence-corrected chi connectivity index (χ4v) is 3.22. The first-order valence-electron chi connectivity index (χ1n) is 8.30. The van der Waals surface area contributed by atoms with E-state index in [1.807, 2.05) is 0 Å². The van der Waals surface area contributed by atoms with Gasteiger partial charge in [0.25, 0.3) is 0 Å². The molecule has 1 fully saturated rings. The summed E-state index contributed by atoms with van der Waals surface area (Å²) in [7, 11) is 3.61.